The summed E-state index contributed by atoms with van der Waals surface area (Å²) in [6.45, 7) is 3.51. The molecule has 1 aliphatic rings. The fraction of sp³-hybridized carbons (Fsp3) is 0.222. The highest BCUT2D eigenvalue weighted by molar-refractivity contribution is 6.06. The van der Waals surface area contributed by atoms with Crippen LogP contribution in [0.15, 0.2) is 60.9 Å². The maximum atomic E-state index is 11.7. The van der Waals surface area contributed by atoms with E-state index in [2.05, 4.69) is 44.0 Å². The van der Waals surface area contributed by atoms with E-state index in [0.717, 1.165) is 59.4 Å². The summed E-state index contributed by atoms with van der Waals surface area (Å²) in [7, 11) is 0. The van der Waals surface area contributed by atoms with Crippen LogP contribution >= 0.6 is 0 Å². The molecule has 34 heavy (non-hydrogen) atoms. The fourth-order valence-corrected chi connectivity index (χ4v) is 5.16. The smallest absolute Gasteiger partial charge is 0.248 e. The van der Waals surface area contributed by atoms with Crippen LogP contribution in [0.1, 0.15) is 40.5 Å². The minimum atomic E-state index is -0.430. The lowest BCUT2D eigenvalue weighted by atomic mass is 9.90. The third-order valence-corrected chi connectivity index (χ3v) is 6.77. The Labute approximate surface area is 196 Å². The molecule has 1 aliphatic heterocycles. The molecule has 0 spiro atoms. The molecule has 170 valence electrons. The number of ether oxygens (including phenoxy) is 1. The van der Waals surface area contributed by atoms with Crippen LogP contribution in [-0.2, 0) is 4.74 Å². The van der Waals surface area contributed by atoms with Gasteiger partial charge in [0.05, 0.1) is 17.2 Å². The van der Waals surface area contributed by atoms with Crippen molar-refractivity contribution in [3.63, 3.8) is 0 Å². The third-order valence-electron chi connectivity index (χ3n) is 6.77. The zero-order valence-corrected chi connectivity index (χ0v) is 18.9. The number of aryl methyl sites for hydroxylation is 1. The van der Waals surface area contributed by atoms with E-state index in [1.165, 1.54) is 16.6 Å². The largest absolute Gasteiger partial charge is 0.381 e. The summed E-state index contributed by atoms with van der Waals surface area (Å²) in [5, 5.41) is 9.61. The first-order chi connectivity index (χ1) is 16.6. The molecule has 0 unspecified atom stereocenters. The topological polar surface area (TPSA) is 98.8 Å². The van der Waals surface area contributed by atoms with Crippen LogP contribution in [0, 0.1) is 6.92 Å². The Morgan fingerprint density at radius 2 is 1.91 bits per heavy atom. The number of amides is 1. The van der Waals surface area contributed by atoms with E-state index in [4.69, 9.17) is 10.5 Å². The standard InChI is InChI=1S/C27H25N5O2/c1-16-12-19(6-9-29-16)25-22-13-20-15-30-31-23(20)14-24(22)32(26(25)17-7-10-34-11-8-17)21-4-2-18(3-5-21)27(28)33/h2-6,9,12-15,17H,7-8,10-11H2,1H3,(H2,28,33)(H,30,31). The molecule has 5 aromatic rings. The zero-order valence-electron chi connectivity index (χ0n) is 18.9. The van der Waals surface area contributed by atoms with Crippen molar-refractivity contribution in [1.29, 1.82) is 0 Å². The van der Waals surface area contributed by atoms with Crippen molar-refractivity contribution in [3.8, 4) is 16.8 Å². The summed E-state index contributed by atoms with van der Waals surface area (Å²) in [6, 6.07) is 16.2. The highest BCUT2D eigenvalue weighted by Gasteiger charge is 2.28. The number of nitrogens with one attached hydrogen (secondary N) is 1. The summed E-state index contributed by atoms with van der Waals surface area (Å²) in [5.74, 6) is -0.0995. The average Bonchev–Trinajstić information content (AvgIpc) is 3.45. The summed E-state index contributed by atoms with van der Waals surface area (Å²) < 4.78 is 8.05. The minimum Gasteiger partial charge on any atom is -0.381 e. The number of H-pyrrole nitrogens is 1. The van der Waals surface area contributed by atoms with Gasteiger partial charge in [-0.15, -0.1) is 0 Å². The van der Waals surface area contributed by atoms with Crippen LogP contribution in [0.2, 0.25) is 0 Å². The number of fused-ring (bicyclic) bond motifs is 2. The van der Waals surface area contributed by atoms with Crippen molar-refractivity contribution in [2.24, 2.45) is 5.73 Å². The van der Waals surface area contributed by atoms with Gasteiger partial charge in [-0.3, -0.25) is 14.9 Å². The maximum Gasteiger partial charge on any atom is 0.248 e. The van der Waals surface area contributed by atoms with Gasteiger partial charge in [0.2, 0.25) is 5.91 Å². The van der Waals surface area contributed by atoms with Gasteiger partial charge in [0.1, 0.15) is 0 Å². The Balaban J connectivity index is 1.72. The Kier molecular flexibility index (Phi) is 4.92. The van der Waals surface area contributed by atoms with Gasteiger partial charge in [0, 0.05) is 64.3 Å². The maximum absolute atomic E-state index is 11.7. The van der Waals surface area contributed by atoms with E-state index in [0.29, 0.717) is 11.5 Å². The quantitative estimate of drug-likeness (QED) is 0.407. The van der Waals surface area contributed by atoms with Crippen molar-refractivity contribution < 1.29 is 9.53 Å². The number of benzene rings is 2. The fourth-order valence-electron chi connectivity index (χ4n) is 5.16. The highest BCUT2D eigenvalue weighted by Crippen LogP contribution is 2.44. The number of carbonyl (C=O) groups is 1. The lowest BCUT2D eigenvalue weighted by Crippen LogP contribution is -2.17. The third kappa shape index (κ3) is 3.36. The second kappa shape index (κ2) is 8.11. The predicted octanol–water partition coefficient (Wildman–Crippen LogP) is 4.87. The number of carbonyl (C=O) groups excluding carboxylic acids is 1. The number of nitrogens with zero attached hydrogens (tertiary/aromatic N) is 3. The van der Waals surface area contributed by atoms with E-state index in [1.54, 1.807) is 12.1 Å². The van der Waals surface area contributed by atoms with Gasteiger partial charge in [-0.2, -0.15) is 5.10 Å². The molecule has 6 rings (SSSR count). The van der Waals surface area contributed by atoms with Gasteiger partial charge in [0.25, 0.3) is 0 Å². The van der Waals surface area contributed by atoms with E-state index < -0.39 is 5.91 Å². The number of rotatable bonds is 4. The summed E-state index contributed by atoms with van der Waals surface area (Å²) >= 11 is 0. The van der Waals surface area contributed by atoms with Crippen LogP contribution < -0.4 is 5.73 Å². The summed E-state index contributed by atoms with van der Waals surface area (Å²) in [4.78, 5) is 16.1. The summed E-state index contributed by atoms with van der Waals surface area (Å²) in [6.07, 6.45) is 5.64. The molecule has 2 aromatic carbocycles. The van der Waals surface area contributed by atoms with Crippen LogP contribution in [0.25, 0.3) is 38.6 Å². The van der Waals surface area contributed by atoms with E-state index >= 15 is 0 Å². The van der Waals surface area contributed by atoms with Crippen molar-refractivity contribution >= 4 is 27.7 Å². The molecule has 1 saturated heterocycles. The predicted molar refractivity (Wildman–Crippen MR) is 132 cm³/mol. The van der Waals surface area contributed by atoms with E-state index in [9.17, 15) is 4.79 Å². The van der Waals surface area contributed by atoms with Crippen LogP contribution in [-0.4, -0.2) is 38.9 Å². The Bertz CT molecular complexity index is 1520. The van der Waals surface area contributed by atoms with Gasteiger partial charge in [-0.25, -0.2) is 0 Å². The molecular weight excluding hydrogens is 426 g/mol. The lowest BCUT2D eigenvalue weighted by molar-refractivity contribution is 0.0843. The van der Waals surface area contributed by atoms with Crippen LogP contribution in [0.3, 0.4) is 0 Å². The number of aromatic nitrogens is 4. The molecule has 1 amide bonds. The number of pyridine rings is 1. The van der Waals surface area contributed by atoms with Gasteiger partial charge >= 0.3 is 0 Å². The van der Waals surface area contributed by atoms with E-state index in [1.807, 2.05) is 31.5 Å². The number of nitrogens with two attached hydrogens (primary N) is 1. The molecule has 0 bridgehead atoms. The normalized spacial score (nSPS) is 14.7. The molecule has 3 N–H and O–H groups in total. The number of primary amides is 1. The van der Waals surface area contributed by atoms with Gasteiger partial charge < -0.3 is 15.0 Å². The first-order valence-corrected chi connectivity index (χ1v) is 11.5. The highest BCUT2D eigenvalue weighted by atomic mass is 16.5. The van der Waals surface area contributed by atoms with Gasteiger partial charge in [0.15, 0.2) is 0 Å². The Morgan fingerprint density at radius 1 is 1.12 bits per heavy atom. The Hall–Kier alpha value is -3.97. The molecule has 0 aliphatic carbocycles. The second-order valence-electron chi connectivity index (χ2n) is 8.91. The Morgan fingerprint density at radius 3 is 2.65 bits per heavy atom. The molecule has 0 atom stereocenters. The van der Waals surface area contributed by atoms with Crippen molar-refractivity contribution in [3.05, 3.63) is 77.9 Å². The summed E-state index contributed by atoms with van der Waals surface area (Å²) in [5.41, 5.74) is 13.7. The van der Waals surface area contributed by atoms with Crippen LogP contribution in [0.5, 0.6) is 0 Å². The van der Waals surface area contributed by atoms with E-state index in [-0.39, 0.29) is 0 Å². The molecule has 0 radical (unpaired) electrons. The second-order valence-corrected chi connectivity index (χ2v) is 8.91. The van der Waals surface area contributed by atoms with Crippen molar-refractivity contribution in [2.45, 2.75) is 25.7 Å². The van der Waals surface area contributed by atoms with Crippen molar-refractivity contribution in [1.82, 2.24) is 19.7 Å². The number of aromatic amines is 1. The molecular formula is C27H25N5O2. The lowest BCUT2D eigenvalue weighted by Gasteiger charge is -2.26. The molecule has 4 heterocycles. The number of hydrogen-bond acceptors (Lipinski definition) is 4. The first kappa shape index (κ1) is 20.6. The minimum absolute atomic E-state index is 0.330. The van der Waals surface area contributed by atoms with Gasteiger partial charge in [-0.05, 0) is 73.9 Å². The molecule has 0 saturated carbocycles. The first-order valence-electron chi connectivity index (χ1n) is 11.5. The van der Waals surface area contributed by atoms with Gasteiger partial charge in [-0.1, -0.05) is 0 Å². The SMILES string of the molecule is Cc1cc(-c2c(C3CCOCC3)n(-c3ccc(C(N)=O)cc3)c3cc4[nH]ncc4cc23)ccn1. The molecule has 7 nitrogen and oxygen atoms in total. The van der Waals surface area contributed by atoms with Crippen LogP contribution in [0.4, 0.5) is 0 Å². The monoisotopic (exact) mass is 451 g/mol. The molecule has 3 aromatic heterocycles. The molecule has 1 fully saturated rings. The zero-order chi connectivity index (χ0) is 23.2. The molecule has 7 heteroatoms. The average molecular weight is 452 g/mol. The van der Waals surface area contributed by atoms with Crippen molar-refractivity contribution in [2.75, 3.05) is 13.2 Å². The number of hydrogen-bond donors (Lipinski definition) is 2.